The third-order valence-corrected chi connectivity index (χ3v) is 7.70. The summed E-state index contributed by atoms with van der Waals surface area (Å²) in [4.78, 5) is 15.4. The molecule has 2 aromatic carbocycles. The first-order valence-electron chi connectivity index (χ1n) is 12.1. The average Bonchev–Trinajstić information content (AvgIpc) is 3.42. The van der Waals surface area contributed by atoms with Crippen LogP contribution >= 0.6 is 11.6 Å². The molecule has 2 aliphatic heterocycles. The van der Waals surface area contributed by atoms with Crippen LogP contribution in [0.5, 0.6) is 0 Å². The third-order valence-electron chi connectivity index (χ3n) is 7.39. The van der Waals surface area contributed by atoms with Crippen LogP contribution < -0.4 is 4.90 Å². The van der Waals surface area contributed by atoms with Gasteiger partial charge in [0.1, 0.15) is 5.65 Å². The Hall–Kier alpha value is -2.86. The Morgan fingerprint density at radius 3 is 2.47 bits per heavy atom. The van der Waals surface area contributed by atoms with Crippen molar-refractivity contribution in [1.82, 2.24) is 19.8 Å². The number of aromatic nitrogens is 2. The second kappa shape index (κ2) is 8.73. The van der Waals surface area contributed by atoms with Crippen molar-refractivity contribution in [2.24, 2.45) is 0 Å². The van der Waals surface area contributed by atoms with Crippen LogP contribution in [0.25, 0.3) is 33.4 Å². The number of H-pyrrole nitrogens is 1. The number of fused-ring (bicyclic) bond motifs is 2. The van der Waals surface area contributed by atoms with Gasteiger partial charge in [0.25, 0.3) is 0 Å². The molecule has 0 saturated carbocycles. The van der Waals surface area contributed by atoms with Gasteiger partial charge in [0.2, 0.25) is 0 Å². The van der Waals surface area contributed by atoms with E-state index < -0.39 is 0 Å². The van der Waals surface area contributed by atoms with Crippen LogP contribution in [0.2, 0.25) is 5.02 Å². The van der Waals surface area contributed by atoms with E-state index in [1.165, 1.54) is 22.4 Å². The first-order valence-corrected chi connectivity index (χ1v) is 12.5. The van der Waals surface area contributed by atoms with E-state index in [1.54, 1.807) is 6.20 Å². The molecule has 0 atom stereocenters. The Morgan fingerprint density at radius 2 is 1.68 bits per heavy atom. The van der Waals surface area contributed by atoms with Crippen molar-refractivity contribution in [3.8, 4) is 22.4 Å². The minimum Gasteiger partial charge on any atom is -0.374 e. The van der Waals surface area contributed by atoms with Gasteiger partial charge in [-0.2, -0.15) is 0 Å². The summed E-state index contributed by atoms with van der Waals surface area (Å²) >= 11 is 6.72. The van der Waals surface area contributed by atoms with Crippen molar-refractivity contribution in [3.63, 3.8) is 0 Å². The fraction of sp³-hybridized carbons (Fsp3) is 0.321. The number of likely N-dealkylation sites (N-methyl/N-ethyl adjacent to an activating group) is 2. The van der Waals surface area contributed by atoms with Crippen molar-refractivity contribution in [1.29, 1.82) is 0 Å². The number of hydrogen-bond donors (Lipinski definition) is 1. The fourth-order valence-corrected chi connectivity index (χ4v) is 5.56. The first-order chi connectivity index (χ1) is 16.6. The van der Waals surface area contributed by atoms with Crippen LogP contribution in [0.4, 0.5) is 5.69 Å². The largest absolute Gasteiger partial charge is 0.374 e. The maximum atomic E-state index is 6.72. The number of aromatic amines is 1. The van der Waals surface area contributed by atoms with Crippen molar-refractivity contribution >= 4 is 28.3 Å². The predicted molar refractivity (Wildman–Crippen MR) is 142 cm³/mol. The summed E-state index contributed by atoms with van der Waals surface area (Å²) in [7, 11) is 4.36. The molecular weight excluding hydrogens is 442 g/mol. The number of rotatable bonds is 4. The lowest BCUT2D eigenvalue weighted by atomic mass is 9.96. The van der Waals surface area contributed by atoms with E-state index in [0.29, 0.717) is 0 Å². The maximum Gasteiger partial charge on any atom is 0.139 e. The molecule has 0 amide bonds. The molecule has 34 heavy (non-hydrogen) atoms. The summed E-state index contributed by atoms with van der Waals surface area (Å²) in [6.07, 6.45) is 2.87. The third kappa shape index (κ3) is 3.88. The van der Waals surface area contributed by atoms with Crippen LogP contribution in [0.15, 0.2) is 54.7 Å². The van der Waals surface area contributed by atoms with E-state index in [1.807, 2.05) is 6.07 Å². The number of nitrogens with zero attached hydrogens (tertiary/aromatic N) is 4. The molecule has 0 radical (unpaired) electrons. The lowest BCUT2D eigenvalue weighted by Gasteiger charge is -2.32. The highest BCUT2D eigenvalue weighted by atomic mass is 35.5. The molecule has 2 aromatic heterocycles. The first kappa shape index (κ1) is 21.7. The topological polar surface area (TPSA) is 38.4 Å². The number of anilines is 1. The van der Waals surface area contributed by atoms with Gasteiger partial charge in [-0.15, -0.1) is 0 Å². The highest BCUT2D eigenvalue weighted by Crippen LogP contribution is 2.42. The van der Waals surface area contributed by atoms with E-state index >= 15 is 0 Å². The van der Waals surface area contributed by atoms with Crippen LogP contribution in [-0.2, 0) is 13.0 Å². The molecule has 1 N–H and O–H groups in total. The molecular formula is C28H30ClN5. The minimum atomic E-state index is 0.725. The van der Waals surface area contributed by atoms with Crippen LogP contribution in [-0.4, -0.2) is 66.6 Å². The number of halogens is 1. The molecule has 0 aliphatic carbocycles. The van der Waals surface area contributed by atoms with Crippen molar-refractivity contribution < 1.29 is 0 Å². The van der Waals surface area contributed by atoms with Gasteiger partial charge >= 0.3 is 0 Å². The van der Waals surface area contributed by atoms with Crippen LogP contribution in [0.3, 0.4) is 0 Å². The Labute approximate surface area is 206 Å². The summed E-state index contributed by atoms with van der Waals surface area (Å²) in [6, 6.07) is 17.7. The lowest BCUT2D eigenvalue weighted by Crippen LogP contribution is -2.43. The van der Waals surface area contributed by atoms with Gasteiger partial charge in [-0.05, 0) is 47.9 Å². The summed E-state index contributed by atoms with van der Waals surface area (Å²) in [5.74, 6) is 0. The monoisotopic (exact) mass is 471 g/mol. The maximum absolute atomic E-state index is 6.72. The van der Waals surface area contributed by atoms with E-state index in [0.717, 1.165) is 78.6 Å². The number of nitrogens with one attached hydrogen (secondary N) is 1. The van der Waals surface area contributed by atoms with E-state index in [2.05, 4.69) is 81.2 Å². The van der Waals surface area contributed by atoms with Crippen molar-refractivity contribution in [2.45, 2.75) is 13.0 Å². The molecule has 0 spiro atoms. The number of piperazine rings is 1. The molecule has 6 rings (SSSR count). The zero-order chi connectivity index (χ0) is 23.2. The van der Waals surface area contributed by atoms with Gasteiger partial charge in [-0.1, -0.05) is 48.0 Å². The summed E-state index contributed by atoms with van der Waals surface area (Å²) in [5.41, 5.74) is 9.41. The van der Waals surface area contributed by atoms with Crippen molar-refractivity contribution in [3.05, 3.63) is 70.9 Å². The quantitative estimate of drug-likeness (QED) is 0.439. The lowest BCUT2D eigenvalue weighted by molar-refractivity contribution is 0.148. The zero-order valence-corrected chi connectivity index (χ0v) is 20.6. The predicted octanol–water partition coefficient (Wildman–Crippen LogP) is 5.29. The van der Waals surface area contributed by atoms with Crippen molar-refractivity contribution in [2.75, 3.05) is 51.7 Å². The highest BCUT2D eigenvalue weighted by molar-refractivity contribution is 6.36. The molecule has 174 valence electrons. The summed E-state index contributed by atoms with van der Waals surface area (Å²) < 4.78 is 0. The van der Waals surface area contributed by atoms with Crippen LogP contribution in [0.1, 0.15) is 11.1 Å². The number of benzene rings is 2. The Morgan fingerprint density at radius 1 is 0.912 bits per heavy atom. The molecule has 1 fully saturated rings. The Kier molecular flexibility index (Phi) is 5.56. The van der Waals surface area contributed by atoms with E-state index in [-0.39, 0.29) is 0 Å². The number of pyridine rings is 1. The van der Waals surface area contributed by atoms with Gasteiger partial charge in [0.05, 0.1) is 10.7 Å². The SMILES string of the molecule is CN1CCN(Cc2ccc(-c3[nH]c4nccc(Cl)c4c3-c3ccc4c(c3)N(C)CC4)cc2)CC1. The smallest absolute Gasteiger partial charge is 0.139 e. The highest BCUT2D eigenvalue weighted by Gasteiger charge is 2.22. The Balaban J connectivity index is 1.40. The normalized spacial score (nSPS) is 17.0. The summed E-state index contributed by atoms with van der Waals surface area (Å²) in [6.45, 7) is 6.60. The van der Waals surface area contributed by atoms with Gasteiger partial charge in [-0.3, -0.25) is 4.90 Å². The molecule has 2 aliphatic rings. The standard InChI is InChI=1S/C28H30ClN5/c1-32-13-15-34(16-14-32)18-19-3-5-21(6-4-19)27-25(26-23(29)9-11-30-28(26)31-27)22-8-7-20-10-12-33(2)24(20)17-22/h3-9,11,17H,10,12-16,18H2,1-2H3,(H,30,31). The second-order valence-electron chi connectivity index (χ2n) is 9.68. The van der Waals surface area contributed by atoms with Crippen LogP contribution in [0, 0.1) is 0 Å². The zero-order valence-electron chi connectivity index (χ0n) is 19.8. The molecule has 1 saturated heterocycles. The number of hydrogen-bond acceptors (Lipinski definition) is 4. The fourth-order valence-electron chi connectivity index (χ4n) is 5.32. The molecule has 0 bridgehead atoms. The van der Waals surface area contributed by atoms with Gasteiger partial charge < -0.3 is 14.8 Å². The van der Waals surface area contributed by atoms with E-state index in [4.69, 9.17) is 11.6 Å². The second-order valence-corrected chi connectivity index (χ2v) is 10.1. The molecule has 6 heteroatoms. The summed E-state index contributed by atoms with van der Waals surface area (Å²) in [5, 5.41) is 1.71. The van der Waals surface area contributed by atoms with E-state index in [9.17, 15) is 0 Å². The average molecular weight is 472 g/mol. The van der Waals surface area contributed by atoms with Gasteiger partial charge in [0.15, 0.2) is 0 Å². The molecule has 4 heterocycles. The van der Waals surface area contributed by atoms with Gasteiger partial charge in [-0.25, -0.2) is 4.98 Å². The Bertz CT molecular complexity index is 1340. The molecule has 5 nitrogen and oxygen atoms in total. The minimum absolute atomic E-state index is 0.725. The molecule has 0 unspecified atom stereocenters. The molecule has 4 aromatic rings. The van der Waals surface area contributed by atoms with Gasteiger partial charge in [0, 0.05) is 69.2 Å².